The topological polar surface area (TPSA) is 63.2 Å². The van der Waals surface area contributed by atoms with Crippen molar-refractivity contribution in [3.05, 3.63) is 16.8 Å². The lowest BCUT2D eigenvalue weighted by Gasteiger charge is -2.36. The summed E-state index contributed by atoms with van der Waals surface area (Å²) >= 11 is 1.62. The summed E-state index contributed by atoms with van der Waals surface area (Å²) in [5.41, 5.74) is 1.17. The molecule has 1 fully saturated rings. The first-order valence-corrected chi connectivity index (χ1v) is 10.5. The molecule has 0 saturated carbocycles. The molecular weight excluding hydrogens is 318 g/mol. The minimum absolute atomic E-state index is 0.0144. The van der Waals surface area contributed by atoms with E-state index in [0.29, 0.717) is 0 Å². The fraction of sp³-hybridized carbons (Fsp3) is 0.600. The number of sulfone groups is 1. The fourth-order valence-corrected chi connectivity index (χ4v) is 5.18. The van der Waals surface area contributed by atoms with E-state index in [-0.39, 0.29) is 11.8 Å². The zero-order valence-corrected chi connectivity index (χ0v) is 14.8. The molecule has 0 aromatic carbocycles. The Kier molecular flexibility index (Phi) is 4.11. The minimum atomic E-state index is -3.01. The molecule has 1 aliphatic rings. The molecule has 3 rings (SSSR count). The molecule has 0 aliphatic carbocycles. The van der Waals surface area contributed by atoms with Gasteiger partial charge in [0.25, 0.3) is 0 Å². The SMILES string of the molecule is Cc1nc(N2CCCCC2CS(C)(=O)=O)c2c(C)csc2n1. The summed E-state index contributed by atoms with van der Waals surface area (Å²) in [6, 6.07) is 0.0144. The van der Waals surface area contributed by atoms with Gasteiger partial charge in [0.2, 0.25) is 0 Å². The zero-order valence-electron chi connectivity index (χ0n) is 13.2. The second-order valence-corrected chi connectivity index (χ2v) is 9.17. The van der Waals surface area contributed by atoms with Crippen LogP contribution in [-0.2, 0) is 9.84 Å². The molecule has 22 heavy (non-hydrogen) atoms. The molecule has 5 nitrogen and oxygen atoms in total. The van der Waals surface area contributed by atoms with E-state index in [4.69, 9.17) is 0 Å². The summed E-state index contributed by atoms with van der Waals surface area (Å²) < 4.78 is 23.5. The number of nitrogens with zero attached hydrogens (tertiary/aromatic N) is 3. The van der Waals surface area contributed by atoms with Gasteiger partial charge in [-0.2, -0.15) is 0 Å². The van der Waals surface area contributed by atoms with Crippen molar-refractivity contribution < 1.29 is 8.42 Å². The Morgan fingerprint density at radius 3 is 2.82 bits per heavy atom. The van der Waals surface area contributed by atoms with E-state index in [1.165, 1.54) is 11.8 Å². The summed E-state index contributed by atoms with van der Waals surface area (Å²) in [6.07, 6.45) is 4.37. The van der Waals surface area contributed by atoms with Gasteiger partial charge in [-0.15, -0.1) is 11.3 Å². The molecule has 3 heterocycles. The van der Waals surface area contributed by atoms with Gasteiger partial charge in [0, 0.05) is 18.8 Å². The van der Waals surface area contributed by atoms with Gasteiger partial charge in [0.15, 0.2) is 0 Å². The maximum absolute atomic E-state index is 11.8. The summed E-state index contributed by atoms with van der Waals surface area (Å²) in [5.74, 6) is 1.85. The average molecular weight is 339 g/mol. The molecule has 120 valence electrons. The Hall–Kier alpha value is -1.21. The van der Waals surface area contributed by atoms with Gasteiger partial charge in [-0.1, -0.05) is 0 Å². The van der Waals surface area contributed by atoms with Crippen molar-refractivity contribution >= 4 is 37.2 Å². The number of thiophene rings is 1. The van der Waals surface area contributed by atoms with Crippen LogP contribution in [0.3, 0.4) is 0 Å². The van der Waals surface area contributed by atoms with Crippen LogP contribution >= 0.6 is 11.3 Å². The molecule has 1 saturated heterocycles. The van der Waals surface area contributed by atoms with Gasteiger partial charge in [0.05, 0.1) is 11.1 Å². The first-order chi connectivity index (χ1) is 10.3. The third kappa shape index (κ3) is 3.10. The Labute approximate surface area is 135 Å². The van der Waals surface area contributed by atoms with Gasteiger partial charge in [-0.3, -0.25) is 0 Å². The van der Waals surface area contributed by atoms with Crippen LogP contribution in [0.5, 0.6) is 0 Å². The second kappa shape index (κ2) is 5.77. The lowest BCUT2D eigenvalue weighted by Crippen LogP contribution is -2.44. The van der Waals surface area contributed by atoms with Gasteiger partial charge in [-0.05, 0) is 44.1 Å². The number of piperidine rings is 1. The van der Waals surface area contributed by atoms with Crippen LogP contribution in [0.15, 0.2) is 5.38 Å². The molecular formula is C15H21N3O2S2. The molecule has 0 spiro atoms. The summed E-state index contributed by atoms with van der Waals surface area (Å²) in [4.78, 5) is 12.4. The Balaban J connectivity index is 2.09. The summed E-state index contributed by atoms with van der Waals surface area (Å²) in [6.45, 7) is 4.82. The van der Waals surface area contributed by atoms with E-state index in [1.54, 1.807) is 11.3 Å². The van der Waals surface area contributed by atoms with Crippen molar-refractivity contribution in [2.45, 2.75) is 39.2 Å². The predicted octanol–water partition coefficient (Wildman–Crippen LogP) is 2.71. The number of hydrogen-bond donors (Lipinski definition) is 0. The highest BCUT2D eigenvalue weighted by Gasteiger charge is 2.29. The van der Waals surface area contributed by atoms with E-state index in [9.17, 15) is 8.42 Å². The van der Waals surface area contributed by atoms with Crippen LogP contribution in [-0.4, -0.2) is 43.0 Å². The van der Waals surface area contributed by atoms with Gasteiger partial charge in [-0.25, -0.2) is 18.4 Å². The molecule has 7 heteroatoms. The maximum Gasteiger partial charge on any atom is 0.149 e. The fourth-order valence-electron chi connectivity index (χ4n) is 3.18. The first-order valence-electron chi connectivity index (χ1n) is 7.52. The molecule has 0 bridgehead atoms. The molecule has 0 amide bonds. The number of hydrogen-bond acceptors (Lipinski definition) is 6. The maximum atomic E-state index is 11.8. The quantitative estimate of drug-likeness (QED) is 0.860. The number of fused-ring (bicyclic) bond motifs is 1. The highest BCUT2D eigenvalue weighted by molar-refractivity contribution is 7.90. The molecule has 0 radical (unpaired) electrons. The predicted molar refractivity (Wildman–Crippen MR) is 91.6 cm³/mol. The normalized spacial score (nSPS) is 19.8. The first kappa shape index (κ1) is 15.7. The van der Waals surface area contributed by atoms with Crippen LogP contribution in [0.2, 0.25) is 0 Å². The Morgan fingerprint density at radius 1 is 1.32 bits per heavy atom. The van der Waals surface area contributed by atoms with E-state index in [2.05, 4.69) is 27.2 Å². The second-order valence-electron chi connectivity index (χ2n) is 6.13. The molecule has 1 aliphatic heterocycles. The lowest BCUT2D eigenvalue weighted by molar-refractivity contribution is 0.478. The van der Waals surface area contributed by atoms with E-state index < -0.39 is 9.84 Å². The standard InChI is InChI=1S/C15H21N3O2S2/c1-10-8-21-15-13(10)14(16-11(2)17-15)18-7-5-4-6-12(18)9-22(3,19)20/h8,12H,4-7,9H2,1-3H3. The smallest absolute Gasteiger partial charge is 0.149 e. The highest BCUT2D eigenvalue weighted by Crippen LogP contribution is 2.34. The van der Waals surface area contributed by atoms with Gasteiger partial charge < -0.3 is 4.90 Å². The average Bonchev–Trinajstić information content (AvgIpc) is 2.78. The minimum Gasteiger partial charge on any atom is -0.352 e. The van der Waals surface area contributed by atoms with Crippen molar-refractivity contribution in [1.29, 1.82) is 0 Å². The zero-order chi connectivity index (χ0) is 15.9. The van der Waals surface area contributed by atoms with Crippen LogP contribution in [0.1, 0.15) is 30.7 Å². The number of aromatic nitrogens is 2. The molecule has 2 aromatic heterocycles. The third-order valence-corrected chi connectivity index (χ3v) is 6.08. The van der Waals surface area contributed by atoms with Crippen LogP contribution < -0.4 is 4.90 Å². The lowest BCUT2D eigenvalue weighted by atomic mass is 10.0. The monoisotopic (exact) mass is 339 g/mol. The van der Waals surface area contributed by atoms with Crippen LogP contribution in [0.4, 0.5) is 5.82 Å². The number of aryl methyl sites for hydroxylation is 2. The summed E-state index contributed by atoms with van der Waals surface area (Å²) in [7, 11) is -3.01. The van der Waals surface area contributed by atoms with Crippen molar-refractivity contribution in [2.75, 3.05) is 23.5 Å². The third-order valence-electron chi connectivity index (χ3n) is 4.10. The van der Waals surface area contributed by atoms with E-state index in [0.717, 1.165) is 47.7 Å². The van der Waals surface area contributed by atoms with Gasteiger partial charge >= 0.3 is 0 Å². The molecule has 2 aromatic rings. The summed E-state index contributed by atoms with van der Waals surface area (Å²) in [5, 5.41) is 3.17. The highest BCUT2D eigenvalue weighted by atomic mass is 32.2. The molecule has 1 unspecified atom stereocenters. The van der Waals surface area contributed by atoms with Crippen molar-refractivity contribution in [3.63, 3.8) is 0 Å². The number of anilines is 1. The van der Waals surface area contributed by atoms with Gasteiger partial charge in [0.1, 0.15) is 26.3 Å². The Morgan fingerprint density at radius 2 is 2.09 bits per heavy atom. The van der Waals surface area contributed by atoms with Crippen LogP contribution in [0.25, 0.3) is 10.2 Å². The van der Waals surface area contributed by atoms with Crippen molar-refractivity contribution in [1.82, 2.24) is 9.97 Å². The van der Waals surface area contributed by atoms with Crippen molar-refractivity contribution in [2.24, 2.45) is 0 Å². The number of rotatable bonds is 3. The van der Waals surface area contributed by atoms with Crippen LogP contribution in [0, 0.1) is 13.8 Å². The molecule has 1 atom stereocenters. The van der Waals surface area contributed by atoms with E-state index >= 15 is 0 Å². The van der Waals surface area contributed by atoms with Crippen molar-refractivity contribution in [3.8, 4) is 0 Å². The largest absolute Gasteiger partial charge is 0.352 e. The Bertz CT molecular complexity index is 798. The molecule has 0 N–H and O–H groups in total. The van der Waals surface area contributed by atoms with E-state index in [1.807, 2.05) is 6.92 Å².